The predicted octanol–water partition coefficient (Wildman–Crippen LogP) is 2.65. The molecule has 0 aliphatic carbocycles. The van der Waals surface area contributed by atoms with Crippen LogP contribution < -0.4 is 10.2 Å². The lowest BCUT2D eigenvalue weighted by Crippen LogP contribution is -2.52. The van der Waals surface area contributed by atoms with Gasteiger partial charge in [-0.05, 0) is 37.3 Å². The highest BCUT2D eigenvalue weighted by atomic mass is 19.1. The summed E-state index contributed by atoms with van der Waals surface area (Å²) < 4.78 is 27.1. The summed E-state index contributed by atoms with van der Waals surface area (Å²) >= 11 is 0. The van der Waals surface area contributed by atoms with Gasteiger partial charge in [0.2, 0.25) is 0 Å². The first-order valence-corrected chi connectivity index (χ1v) is 8.80. The third-order valence-electron chi connectivity index (χ3n) is 4.29. The Bertz CT molecular complexity index is 743. The number of guanidine groups is 1. The summed E-state index contributed by atoms with van der Waals surface area (Å²) in [5.74, 6) is 0.796. The van der Waals surface area contributed by atoms with Crippen LogP contribution in [0.5, 0.6) is 0 Å². The van der Waals surface area contributed by atoms with E-state index in [1.54, 1.807) is 6.20 Å². The van der Waals surface area contributed by atoms with Crippen LogP contribution in [-0.4, -0.2) is 48.6 Å². The fraction of sp³-hybridized carbons (Fsp3) is 0.368. The molecule has 5 nitrogen and oxygen atoms in total. The molecule has 26 heavy (non-hydrogen) atoms. The van der Waals surface area contributed by atoms with Crippen LogP contribution in [0.15, 0.2) is 47.6 Å². The zero-order valence-electron chi connectivity index (χ0n) is 14.8. The normalized spacial score (nSPS) is 15.3. The number of hydrogen-bond acceptors (Lipinski definition) is 3. The highest BCUT2D eigenvalue weighted by molar-refractivity contribution is 5.80. The van der Waals surface area contributed by atoms with Gasteiger partial charge in [-0.1, -0.05) is 6.07 Å². The number of anilines is 1. The quantitative estimate of drug-likeness (QED) is 0.673. The molecule has 2 aromatic rings. The van der Waals surface area contributed by atoms with Crippen LogP contribution in [0.4, 0.5) is 14.6 Å². The van der Waals surface area contributed by atoms with Gasteiger partial charge in [0.1, 0.15) is 17.5 Å². The van der Waals surface area contributed by atoms with Gasteiger partial charge in [0.15, 0.2) is 5.96 Å². The molecule has 0 atom stereocenters. The van der Waals surface area contributed by atoms with Crippen LogP contribution >= 0.6 is 0 Å². The molecular formula is C19H23F2N5. The number of nitrogens with zero attached hydrogens (tertiary/aromatic N) is 4. The summed E-state index contributed by atoms with van der Waals surface area (Å²) in [5, 5.41) is 3.24. The first kappa shape index (κ1) is 18.1. The fourth-order valence-electron chi connectivity index (χ4n) is 2.94. The highest BCUT2D eigenvalue weighted by Gasteiger charge is 2.20. The second kappa shape index (κ2) is 8.60. The Morgan fingerprint density at radius 2 is 1.96 bits per heavy atom. The highest BCUT2D eigenvalue weighted by Crippen LogP contribution is 2.14. The molecule has 0 spiro atoms. The van der Waals surface area contributed by atoms with Gasteiger partial charge in [-0.2, -0.15) is 0 Å². The maximum atomic E-state index is 13.8. The van der Waals surface area contributed by atoms with Crippen molar-refractivity contribution in [1.29, 1.82) is 0 Å². The molecule has 1 fully saturated rings. The lowest BCUT2D eigenvalue weighted by molar-refractivity contribution is 0.371. The molecule has 138 valence electrons. The molecular weight excluding hydrogens is 336 g/mol. The second-order valence-corrected chi connectivity index (χ2v) is 6.07. The van der Waals surface area contributed by atoms with Crippen molar-refractivity contribution in [2.75, 3.05) is 37.6 Å². The lowest BCUT2D eigenvalue weighted by Gasteiger charge is -2.37. The molecule has 0 amide bonds. The summed E-state index contributed by atoms with van der Waals surface area (Å²) in [7, 11) is 0. The van der Waals surface area contributed by atoms with E-state index in [0.29, 0.717) is 6.54 Å². The van der Waals surface area contributed by atoms with Gasteiger partial charge in [0, 0.05) is 44.5 Å². The molecule has 1 saturated heterocycles. The van der Waals surface area contributed by atoms with Crippen LogP contribution in [0.1, 0.15) is 12.5 Å². The monoisotopic (exact) mass is 359 g/mol. The number of nitrogens with one attached hydrogen (secondary N) is 1. The number of halogens is 2. The van der Waals surface area contributed by atoms with Crippen molar-refractivity contribution in [1.82, 2.24) is 15.2 Å². The standard InChI is InChI=1S/C19H23F2N5/c1-2-22-19(24-14-15-13-16(20)6-7-17(15)21)26-11-9-25(10-12-26)18-5-3-4-8-23-18/h3-8,13H,2,9-12,14H2,1H3,(H,22,24). The Morgan fingerprint density at radius 3 is 2.65 bits per heavy atom. The first-order valence-electron chi connectivity index (χ1n) is 8.80. The molecule has 0 bridgehead atoms. The van der Waals surface area contributed by atoms with Crippen molar-refractivity contribution in [3.05, 3.63) is 59.8 Å². The number of pyridine rings is 1. The van der Waals surface area contributed by atoms with E-state index in [2.05, 4.69) is 25.1 Å². The Morgan fingerprint density at radius 1 is 1.15 bits per heavy atom. The Hall–Kier alpha value is -2.70. The number of aliphatic imine (C=N–C) groups is 1. The van der Waals surface area contributed by atoms with E-state index in [1.807, 2.05) is 25.1 Å². The van der Waals surface area contributed by atoms with Gasteiger partial charge in [0.05, 0.1) is 6.54 Å². The second-order valence-electron chi connectivity index (χ2n) is 6.07. The zero-order chi connectivity index (χ0) is 18.4. The minimum Gasteiger partial charge on any atom is -0.357 e. The van der Waals surface area contributed by atoms with Crippen LogP contribution in [0, 0.1) is 11.6 Å². The van der Waals surface area contributed by atoms with Crippen molar-refractivity contribution in [3.63, 3.8) is 0 Å². The van der Waals surface area contributed by atoms with Crippen molar-refractivity contribution >= 4 is 11.8 Å². The van der Waals surface area contributed by atoms with E-state index in [-0.39, 0.29) is 12.1 Å². The first-order chi connectivity index (χ1) is 12.7. The van der Waals surface area contributed by atoms with Crippen molar-refractivity contribution in [3.8, 4) is 0 Å². The van der Waals surface area contributed by atoms with E-state index < -0.39 is 11.6 Å². The number of piperazine rings is 1. The molecule has 0 saturated carbocycles. The third-order valence-corrected chi connectivity index (χ3v) is 4.29. The van der Waals surface area contributed by atoms with Gasteiger partial charge < -0.3 is 15.1 Å². The van der Waals surface area contributed by atoms with Gasteiger partial charge in [-0.3, -0.25) is 0 Å². The summed E-state index contributed by atoms with van der Waals surface area (Å²) in [6, 6.07) is 9.33. The van der Waals surface area contributed by atoms with E-state index >= 15 is 0 Å². The molecule has 1 aromatic heterocycles. The average molecular weight is 359 g/mol. The predicted molar refractivity (Wildman–Crippen MR) is 99.2 cm³/mol. The molecule has 1 aliphatic rings. The minimum absolute atomic E-state index is 0.104. The van der Waals surface area contributed by atoms with Crippen LogP contribution in [0.25, 0.3) is 0 Å². The van der Waals surface area contributed by atoms with Crippen molar-refractivity contribution < 1.29 is 8.78 Å². The fourth-order valence-corrected chi connectivity index (χ4v) is 2.94. The summed E-state index contributed by atoms with van der Waals surface area (Å²) in [4.78, 5) is 13.3. The Balaban J connectivity index is 1.66. The molecule has 2 heterocycles. The topological polar surface area (TPSA) is 43.8 Å². The van der Waals surface area contributed by atoms with E-state index in [4.69, 9.17) is 0 Å². The molecule has 1 aromatic carbocycles. The Kier molecular flexibility index (Phi) is 5.99. The van der Waals surface area contributed by atoms with Crippen molar-refractivity contribution in [2.24, 2.45) is 4.99 Å². The number of aromatic nitrogens is 1. The van der Waals surface area contributed by atoms with E-state index in [0.717, 1.165) is 50.1 Å². The largest absolute Gasteiger partial charge is 0.357 e. The SMILES string of the molecule is CCNC(=NCc1cc(F)ccc1F)N1CCN(c2ccccn2)CC1. The molecule has 1 N–H and O–H groups in total. The lowest BCUT2D eigenvalue weighted by atomic mass is 10.2. The maximum absolute atomic E-state index is 13.8. The summed E-state index contributed by atoms with van der Waals surface area (Å²) in [6.07, 6.45) is 1.79. The van der Waals surface area contributed by atoms with Crippen LogP contribution in [0.3, 0.4) is 0 Å². The molecule has 3 rings (SSSR count). The van der Waals surface area contributed by atoms with Gasteiger partial charge >= 0.3 is 0 Å². The number of hydrogen-bond donors (Lipinski definition) is 1. The smallest absolute Gasteiger partial charge is 0.194 e. The maximum Gasteiger partial charge on any atom is 0.194 e. The number of benzene rings is 1. The van der Waals surface area contributed by atoms with E-state index in [1.165, 1.54) is 6.07 Å². The molecule has 7 heteroatoms. The average Bonchev–Trinajstić information content (AvgIpc) is 2.68. The molecule has 1 aliphatic heterocycles. The van der Waals surface area contributed by atoms with Crippen LogP contribution in [0.2, 0.25) is 0 Å². The molecule has 0 unspecified atom stereocenters. The molecule has 0 radical (unpaired) electrons. The summed E-state index contributed by atoms with van der Waals surface area (Å²) in [6.45, 7) is 6.04. The van der Waals surface area contributed by atoms with E-state index in [9.17, 15) is 8.78 Å². The zero-order valence-corrected chi connectivity index (χ0v) is 14.8. The van der Waals surface area contributed by atoms with Gasteiger partial charge in [-0.25, -0.2) is 18.8 Å². The minimum atomic E-state index is -0.453. The van der Waals surface area contributed by atoms with Crippen molar-refractivity contribution in [2.45, 2.75) is 13.5 Å². The van der Waals surface area contributed by atoms with Gasteiger partial charge in [0.25, 0.3) is 0 Å². The van der Waals surface area contributed by atoms with Gasteiger partial charge in [-0.15, -0.1) is 0 Å². The summed E-state index contributed by atoms with van der Waals surface area (Å²) in [5.41, 5.74) is 0.257. The Labute approximate surface area is 152 Å². The van der Waals surface area contributed by atoms with Crippen LogP contribution in [-0.2, 0) is 6.54 Å². The number of rotatable bonds is 4. The third kappa shape index (κ3) is 4.47.